The summed E-state index contributed by atoms with van der Waals surface area (Å²) in [7, 11) is 0. The predicted molar refractivity (Wildman–Crippen MR) is 218 cm³/mol. The molecule has 0 fully saturated rings. The number of aryl methyl sites for hydroxylation is 5. The average Bonchev–Trinajstić information content (AvgIpc) is 3.59. The van der Waals surface area contributed by atoms with E-state index in [4.69, 9.17) is 14.8 Å². The normalized spacial score (nSPS) is 12.3. The van der Waals surface area contributed by atoms with Crippen LogP contribution in [0.25, 0.3) is 44.4 Å². The van der Waals surface area contributed by atoms with Crippen LogP contribution in [0.4, 0.5) is 0 Å². The molecule has 0 unspecified atom stereocenters. The number of fused-ring (bicyclic) bond motifs is 3. The van der Waals surface area contributed by atoms with Crippen LogP contribution in [0.5, 0.6) is 11.5 Å². The number of benzene rings is 4. The van der Waals surface area contributed by atoms with Gasteiger partial charge in [0.2, 0.25) is 0 Å². The molecule has 0 saturated carbocycles. The number of nitrogens with zero attached hydrogens (tertiary/aromatic N) is 4. The number of hydrogen-bond donors (Lipinski definition) is 0. The van der Waals surface area contributed by atoms with E-state index in [9.17, 15) is 0 Å². The Bertz CT molecular complexity index is 2440. The van der Waals surface area contributed by atoms with Crippen molar-refractivity contribution in [2.24, 2.45) is 0 Å². The fraction of sp³-hybridized carbons (Fsp3) is 0.319. The first-order valence-corrected chi connectivity index (χ1v) is 18.6. The number of aromatic nitrogens is 4. The molecule has 0 aliphatic carbocycles. The van der Waals surface area contributed by atoms with Crippen LogP contribution in [-0.4, -0.2) is 19.3 Å². The van der Waals surface area contributed by atoms with Crippen LogP contribution < -0.4 is 4.74 Å². The molecular weight excluding hydrogens is 637 g/mol. The molecule has 0 amide bonds. The fourth-order valence-electron chi connectivity index (χ4n) is 7.90. The van der Waals surface area contributed by atoms with Gasteiger partial charge in [-0.05, 0) is 110 Å². The molecule has 0 spiro atoms. The Morgan fingerprint density at radius 3 is 2.08 bits per heavy atom. The van der Waals surface area contributed by atoms with E-state index >= 15 is 0 Å². The number of hydrogen-bond acceptors (Lipinski definition) is 3. The largest absolute Gasteiger partial charge is 0.457 e. The van der Waals surface area contributed by atoms with Gasteiger partial charge in [0.05, 0.1) is 28.1 Å². The van der Waals surface area contributed by atoms with Crippen LogP contribution in [0, 0.1) is 27.7 Å². The first-order valence-electron chi connectivity index (χ1n) is 18.6. The van der Waals surface area contributed by atoms with Crippen molar-refractivity contribution < 1.29 is 4.74 Å². The third-order valence-electron chi connectivity index (χ3n) is 10.2. The molecule has 0 aliphatic heterocycles. The van der Waals surface area contributed by atoms with Crippen molar-refractivity contribution in [2.45, 2.75) is 99.8 Å². The van der Waals surface area contributed by atoms with Crippen molar-refractivity contribution in [2.75, 3.05) is 0 Å². The zero-order chi connectivity index (χ0) is 37.1. The molecule has 52 heavy (non-hydrogen) atoms. The zero-order valence-electron chi connectivity index (χ0n) is 32.8. The second-order valence-corrected chi connectivity index (χ2v) is 16.6. The molecule has 0 saturated heterocycles. The van der Waals surface area contributed by atoms with E-state index in [0.29, 0.717) is 0 Å². The summed E-state index contributed by atoms with van der Waals surface area (Å²) in [5.74, 6) is 2.48. The molecule has 0 bridgehead atoms. The summed E-state index contributed by atoms with van der Waals surface area (Å²) >= 11 is 0. The van der Waals surface area contributed by atoms with Crippen LogP contribution in [0.2, 0.25) is 0 Å². The first kappa shape index (κ1) is 35.3. The van der Waals surface area contributed by atoms with E-state index in [0.717, 1.165) is 52.6 Å². The second-order valence-electron chi connectivity index (χ2n) is 16.6. The lowest BCUT2D eigenvalue weighted by molar-refractivity contribution is 0.477. The van der Waals surface area contributed by atoms with Crippen molar-refractivity contribution >= 4 is 21.8 Å². The van der Waals surface area contributed by atoms with Gasteiger partial charge in [0.25, 0.3) is 0 Å². The highest BCUT2D eigenvalue weighted by atomic mass is 16.5. The van der Waals surface area contributed by atoms with Crippen LogP contribution in [0.3, 0.4) is 0 Å². The topological polar surface area (TPSA) is 44.9 Å². The van der Waals surface area contributed by atoms with E-state index in [2.05, 4.69) is 170 Å². The van der Waals surface area contributed by atoms with E-state index < -0.39 is 0 Å². The number of pyridine rings is 1. The number of para-hydroxylation sites is 1. The summed E-state index contributed by atoms with van der Waals surface area (Å²) in [6, 6.07) is 30.5. The summed E-state index contributed by atoms with van der Waals surface area (Å²) in [4.78, 5) is 4.85. The molecule has 3 aromatic heterocycles. The van der Waals surface area contributed by atoms with Gasteiger partial charge in [-0.15, -0.1) is 0 Å². The highest BCUT2D eigenvalue weighted by molar-refractivity contribution is 6.09. The molecule has 4 aromatic carbocycles. The molecule has 7 rings (SSSR count). The zero-order valence-corrected chi connectivity index (χ0v) is 32.8. The summed E-state index contributed by atoms with van der Waals surface area (Å²) in [5.41, 5.74) is 13.9. The minimum atomic E-state index is -0.181. The van der Waals surface area contributed by atoms with Crippen LogP contribution in [0.1, 0.15) is 94.1 Å². The van der Waals surface area contributed by atoms with Crippen LogP contribution in [0.15, 0.2) is 91.1 Å². The fourth-order valence-corrected chi connectivity index (χ4v) is 7.90. The predicted octanol–water partition coefficient (Wildman–Crippen LogP) is 12.6. The van der Waals surface area contributed by atoms with Gasteiger partial charge >= 0.3 is 0 Å². The maximum atomic E-state index is 6.86. The van der Waals surface area contributed by atoms with Gasteiger partial charge < -0.3 is 4.74 Å². The Balaban J connectivity index is 1.39. The minimum Gasteiger partial charge on any atom is -0.457 e. The SMILES string of the molecule is CCCc1ccnc(-n2c3ccccc3c3ccc(Oc4cc(-n5nc(C)c(-c6c(C)cc(C)cc6C)c5C(C)(C)C)cc(C(C)(C)C)c4)cc32)c1. The molecule has 7 aromatic rings. The van der Waals surface area contributed by atoms with E-state index in [1.165, 1.54) is 55.4 Å². The molecule has 0 atom stereocenters. The third kappa shape index (κ3) is 6.42. The number of rotatable bonds is 7. The Morgan fingerprint density at radius 2 is 1.38 bits per heavy atom. The number of ether oxygens (including phenoxy) is 1. The summed E-state index contributed by atoms with van der Waals surface area (Å²) < 4.78 is 11.3. The van der Waals surface area contributed by atoms with Crippen LogP contribution >= 0.6 is 0 Å². The Hall–Kier alpha value is -5.16. The summed E-state index contributed by atoms with van der Waals surface area (Å²) in [5, 5.41) is 7.65. The molecule has 0 radical (unpaired) electrons. The van der Waals surface area contributed by atoms with Crippen molar-refractivity contribution in [3.05, 3.63) is 130 Å². The highest BCUT2D eigenvalue weighted by Gasteiger charge is 2.30. The highest BCUT2D eigenvalue weighted by Crippen LogP contribution is 2.42. The standard InChI is InChI=1S/C47H52N4O/c1-12-15-33-20-21-48-42(24-33)50-40-17-14-13-16-38(40)39-19-18-36(28-41(39)50)52-37-26-34(46(6,7)8)25-35(27-37)51-45(47(9,10)11)44(32(5)49-51)43-30(3)22-29(2)23-31(43)4/h13-14,16-28H,12,15H2,1-11H3. The van der Waals surface area contributed by atoms with Crippen molar-refractivity contribution in [1.29, 1.82) is 0 Å². The monoisotopic (exact) mass is 688 g/mol. The van der Waals surface area contributed by atoms with Gasteiger partial charge in [0.15, 0.2) is 0 Å². The molecular formula is C47H52N4O. The van der Waals surface area contributed by atoms with E-state index in [1.807, 2.05) is 6.20 Å². The van der Waals surface area contributed by atoms with Crippen molar-refractivity contribution in [1.82, 2.24) is 19.3 Å². The lowest BCUT2D eigenvalue weighted by Gasteiger charge is -2.26. The van der Waals surface area contributed by atoms with Gasteiger partial charge in [-0.2, -0.15) is 5.10 Å². The molecule has 0 aliphatic rings. The molecule has 266 valence electrons. The van der Waals surface area contributed by atoms with Gasteiger partial charge in [0.1, 0.15) is 17.3 Å². The lowest BCUT2D eigenvalue weighted by atomic mass is 9.83. The third-order valence-corrected chi connectivity index (χ3v) is 10.2. The average molecular weight is 689 g/mol. The Labute approximate surface area is 309 Å². The van der Waals surface area contributed by atoms with Gasteiger partial charge in [-0.1, -0.05) is 90.8 Å². The Kier molecular flexibility index (Phi) is 8.89. The van der Waals surface area contributed by atoms with Gasteiger partial charge in [0, 0.05) is 40.1 Å². The molecule has 5 heteroatoms. The second kappa shape index (κ2) is 13.1. The van der Waals surface area contributed by atoms with E-state index in [-0.39, 0.29) is 10.8 Å². The van der Waals surface area contributed by atoms with Gasteiger partial charge in [-0.25, -0.2) is 9.67 Å². The maximum absolute atomic E-state index is 6.86. The molecule has 0 N–H and O–H groups in total. The van der Waals surface area contributed by atoms with Crippen molar-refractivity contribution in [3.63, 3.8) is 0 Å². The first-order chi connectivity index (χ1) is 24.6. The smallest absolute Gasteiger partial charge is 0.137 e. The quantitative estimate of drug-likeness (QED) is 0.167. The van der Waals surface area contributed by atoms with Gasteiger partial charge in [-0.3, -0.25) is 4.57 Å². The Morgan fingerprint density at radius 1 is 0.673 bits per heavy atom. The van der Waals surface area contributed by atoms with Crippen molar-refractivity contribution in [3.8, 4) is 34.1 Å². The maximum Gasteiger partial charge on any atom is 0.137 e. The molecule has 3 heterocycles. The summed E-state index contributed by atoms with van der Waals surface area (Å²) in [6.07, 6.45) is 4.04. The molecule has 5 nitrogen and oxygen atoms in total. The lowest BCUT2D eigenvalue weighted by Crippen LogP contribution is -2.20. The minimum absolute atomic E-state index is 0.114. The van der Waals surface area contributed by atoms with E-state index in [1.54, 1.807) is 0 Å². The van der Waals surface area contributed by atoms with Crippen LogP contribution in [-0.2, 0) is 17.3 Å². The summed E-state index contributed by atoms with van der Waals surface area (Å²) in [6.45, 7) is 24.6.